The first-order chi connectivity index (χ1) is 8.54. The maximum atomic E-state index is 2.37. The predicted molar refractivity (Wildman–Crippen MR) is 85.4 cm³/mol. The van der Waals surface area contributed by atoms with Gasteiger partial charge in [-0.05, 0) is 46.9 Å². The first-order valence-electron chi connectivity index (χ1n) is 6.51. The maximum Gasteiger partial charge on any atom is 0.0360 e. The zero-order valence-corrected chi connectivity index (χ0v) is 12.9. The Hall–Kier alpha value is -0.860. The Labute approximate surface area is 116 Å². The quantitative estimate of drug-likeness (QED) is 0.510. The Morgan fingerprint density at radius 2 is 1.11 bits per heavy atom. The molecule has 3 aromatic rings. The van der Waals surface area contributed by atoms with E-state index in [-0.39, 0.29) is 0 Å². The van der Waals surface area contributed by atoms with Gasteiger partial charge < -0.3 is 0 Å². The van der Waals surface area contributed by atoms with E-state index in [9.17, 15) is 0 Å². The Bertz CT molecular complexity index is 590. The summed E-state index contributed by atoms with van der Waals surface area (Å²) in [6.45, 7) is 9.07. The van der Waals surface area contributed by atoms with Crippen molar-refractivity contribution in [1.82, 2.24) is 0 Å². The van der Waals surface area contributed by atoms with Crippen molar-refractivity contribution in [2.75, 3.05) is 0 Å². The van der Waals surface area contributed by atoms with Crippen molar-refractivity contribution in [3.63, 3.8) is 0 Å². The molecule has 0 atom stereocenters. The van der Waals surface area contributed by atoms with E-state index in [2.05, 4.69) is 52.0 Å². The van der Waals surface area contributed by atoms with Gasteiger partial charge in [0.25, 0.3) is 0 Å². The number of benzene rings is 1. The minimum Gasteiger partial charge on any atom is -0.140 e. The third-order valence-corrected chi connectivity index (χ3v) is 6.13. The van der Waals surface area contributed by atoms with Crippen molar-refractivity contribution >= 4 is 42.8 Å². The van der Waals surface area contributed by atoms with Crippen LogP contribution in [0.15, 0.2) is 24.3 Å². The molecule has 1 aromatic carbocycles. The third kappa shape index (κ3) is 1.98. The highest BCUT2D eigenvalue weighted by molar-refractivity contribution is 7.21. The molecule has 3 rings (SSSR count). The Balaban J connectivity index is 2.21. The second kappa shape index (κ2) is 4.36. The van der Waals surface area contributed by atoms with E-state index in [1.807, 2.05) is 22.7 Å². The minimum atomic E-state index is 0.631. The molecule has 0 saturated carbocycles. The summed E-state index contributed by atoms with van der Waals surface area (Å²) >= 11 is 3.89. The molecule has 0 saturated heterocycles. The normalized spacial score (nSPS) is 12.3. The average molecular weight is 274 g/mol. The molecule has 0 aliphatic heterocycles. The molecule has 0 bridgehead atoms. The van der Waals surface area contributed by atoms with Crippen LogP contribution in [0.5, 0.6) is 0 Å². The van der Waals surface area contributed by atoms with E-state index in [0.717, 1.165) is 0 Å². The molecule has 0 radical (unpaired) electrons. The van der Waals surface area contributed by atoms with Crippen molar-refractivity contribution in [3.05, 3.63) is 34.0 Å². The van der Waals surface area contributed by atoms with Crippen LogP contribution < -0.4 is 0 Å². The molecule has 0 aliphatic rings. The molecule has 0 nitrogen and oxygen atoms in total. The van der Waals surface area contributed by atoms with Crippen LogP contribution in [0.25, 0.3) is 20.2 Å². The number of hydrogen-bond donors (Lipinski definition) is 0. The summed E-state index contributed by atoms with van der Waals surface area (Å²) in [5.74, 6) is 1.26. The Morgan fingerprint density at radius 3 is 1.50 bits per heavy atom. The smallest absolute Gasteiger partial charge is 0.0360 e. The van der Waals surface area contributed by atoms with Crippen LogP contribution in [0.3, 0.4) is 0 Å². The fourth-order valence-electron chi connectivity index (χ4n) is 2.19. The van der Waals surface area contributed by atoms with Gasteiger partial charge in [0.2, 0.25) is 0 Å². The molecule has 0 fully saturated rings. The van der Waals surface area contributed by atoms with Crippen LogP contribution in [-0.4, -0.2) is 0 Å². The van der Waals surface area contributed by atoms with Crippen LogP contribution in [0.4, 0.5) is 0 Å². The van der Waals surface area contributed by atoms with Crippen LogP contribution in [-0.2, 0) is 0 Å². The molecule has 0 N–H and O–H groups in total. The van der Waals surface area contributed by atoms with Crippen LogP contribution in [0, 0.1) is 0 Å². The first kappa shape index (κ1) is 12.2. The summed E-state index contributed by atoms with van der Waals surface area (Å²) in [5, 5.41) is 2.81. The Morgan fingerprint density at radius 1 is 0.667 bits per heavy atom. The average Bonchev–Trinajstić information content (AvgIpc) is 2.87. The molecule has 94 valence electrons. The van der Waals surface area contributed by atoms with Crippen LogP contribution in [0.1, 0.15) is 49.3 Å². The lowest BCUT2D eigenvalue weighted by Gasteiger charge is -1.96. The molecule has 0 aliphatic carbocycles. The lowest BCUT2D eigenvalue weighted by atomic mass is 10.1. The standard InChI is InChI=1S/C16H18S2/c1-9(2)13-6-11-5-12-7-14(10(3)4)18-16(12)8-15(11)17-13/h5-10H,1-4H3. The van der Waals surface area contributed by atoms with Gasteiger partial charge in [-0.25, -0.2) is 0 Å². The minimum absolute atomic E-state index is 0.631. The maximum absolute atomic E-state index is 2.37. The number of fused-ring (bicyclic) bond motifs is 2. The van der Waals surface area contributed by atoms with Crippen molar-refractivity contribution in [1.29, 1.82) is 0 Å². The van der Waals surface area contributed by atoms with Gasteiger partial charge in [0.05, 0.1) is 0 Å². The largest absolute Gasteiger partial charge is 0.140 e. The van der Waals surface area contributed by atoms with E-state index in [1.54, 1.807) is 0 Å². The molecule has 18 heavy (non-hydrogen) atoms. The van der Waals surface area contributed by atoms with E-state index >= 15 is 0 Å². The van der Waals surface area contributed by atoms with E-state index in [0.29, 0.717) is 11.8 Å². The fraction of sp³-hybridized carbons (Fsp3) is 0.375. The molecule has 0 spiro atoms. The van der Waals surface area contributed by atoms with E-state index in [4.69, 9.17) is 0 Å². The summed E-state index contributed by atoms with van der Waals surface area (Å²) < 4.78 is 2.87. The molecule has 2 aromatic heterocycles. The highest BCUT2D eigenvalue weighted by Crippen LogP contribution is 2.37. The second-order valence-corrected chi connectivity index (χ2v) is 7.77. The van der Waals surface area contributed by atoms with Gasteiger partial charge in [0.1, 0.15) is 0 Å². The van der Waals surface area contributed by atoms with Gasteiger partial charge in [0, 0.05) is 19.2 Å². The summed E-state index contributed by atoms with van der Waals surface area (Å²) in [6, 6.07) is 9.45. The topological polar surface area (TPSA) is 0 Å². The summed E-state index contributed by atoms with van der Waals surface area (Å²) in [7, 11) is 0. The number of rotatable bonds is 2. The van der Waals surface area contributed by atoms with Gasteiger partial charge >= 0.3 is 0 Å². The first-order valence-corrected chi connectivity index (χ1v) is 8.15. The SMILES string of the molecule is CC(C)c1cc2cc3cc(C(C)C)sc3cc2s1. The van der Waals surface area contributed by atoms with Crippen molar-refractivity contribution < 1.29 is 0 Å². The number of thiophene rings is 2. The summed E-state index contributed by atoms with van der Waals surface area (Å²) in [4.78, 5) is 2.98. The zero-order chi connectivity index (χ0) is 12.9. The number of hydrogen-bond acceptors (Lipinski definition) is 2. The van der Waals surface area contributed by atoms with E-state index in [1.165, 1.54) is 29.9 Å². The molecule has 0 amide bonds. The van der Waals surface area contributed by atoms with Crippen molar-refractivity contribution in [2.45, 2.75) is 39.5 Å². The lowest BCUT2D eigenvalue weighted by molar-refractivity contribution is 0.890. The summed E-state index contributed by atoms with van der Waals surface area (Å²) in [6.07, 6.45) is 0. The summed E-state index contributed by atoms with van der Waals surface area (Å²) in [5.41, 5.74) is 0. The van der Waals surface area contributed by atoms with Crippen LogP contribution in [0.2, 0.25) is 0 Å². The van der Waals surface area contributed by atoms with Gasteiger partial charge in [0.15, 0.2) is 0 Å². The molecular formula is C16H18S2. The molecule has 2 heterocycles. The van der Waals surface area contributed by atoms with Gasteiger partial charge in [-0.15, -0.1) is 22.7 Å². The molecule has 2 heteroatoms. The Kier molecular flexibility index (Phi) is 2.95. The lowest BCUT2D eigenvalue weighted by Crippen LogP contribution is -1.77. The van der Waals surface area contributed by atoms with Gasteiger partial charge in [-0.3, -0.25) is 0 Å². The monoisotopic (exact) mass is 274 g/mol. The van der Waals surface area contributed by atoms with Gasteiger partial charge in [-0.2, -0.15) is 0 Å². The van der Waals surface area contributed by atoms with Crippen molar-refractivity contribution in [3.8, 4) is 0 Å². The van der Waals surface area contributed by atoms with Crippen molar-refractivity contribution in [2.24, 2.45) is 0 Å². The van der Waals surface area contributed by atoms with Gasteiger partial charge in [-0.1, -0.05) is 27.7 Å². The van der Waals surface area contributed by atoms with E-state index < -0.39 is 0 Å². The molecule has 0 unspecified atom stereocenters. The third-order valence-electron chi connectivity index (χ3n) is 3.33. The van der Waals surface area contributed by atoms with Crippen LogP contribution >= 0.6 is 22.7 Å². The predicted octanol–water partition coefficient (Wildman–Crippen LogP) is 6.36. The fourth-order valence-corrected chi connectivity index (χ4v) is 4.44. The zero-order valence-electron chi connectivity index (χ0n) is 11.3. The highest BCUT2D eigenvalue weighted by Gasteiger charge is 2.10. The highest BCUT2D eigenvalue weighted by atomic mass is 32.1. The molecular weight excluding hydrogens is 256 g/mol. The second-order valence-electron chi connectivity index (χ2n) is 5.53.